The highest BCUT2D eigenvalue weighted by atomic mass is 16.5. The van der Waals surface area contributed by atoms with Crippen LogP contribution in [0.1, 0.15) is 37.1 Å². The number of nitrogens with zero attached hydrogens (tertiary/aromatic N) is 2. The Hall–Kier alpha value is -2.44. The van der Waals surface area contributed by atoms with Crippen LogP contribution in [0.4, 0.5) is 0 Å². The monoisotopic (exact) mass is 381 g/mol. The lowest BCUT2D eigenvalue weighted by atomic mass is 9.88. The number of aliphatic imine (C=N–C) groups is 1. The van der Waals surface area contributed by atoms with Crippen LogP contribution in [-0.4, -0.2) is 43.3 Å². The van der Waals surface area contributed by atoms with Gasteiger partial charge in [-0.3, -0.25) is 9.98 Å². The van der Waals surface area contributed by atoms with Gasteiger partial charge in [0.25, 0.3) is 0 Å². The zero-order valence-electron chi connectivity index (χ0n) is 16.8. The average molecular weight is 382 g/mol. The summed E-state index contributed by atoms with van der Waals surface area (Å²) < 4.78 is 5.63. The van der Waals surface area contributed by atoms with Crippen LogP contribution in [0.3, 0.4) is 0 Å². The molecule has 1 aliphatic rings. The van der Waals surface area contributed by atoms with Crippen LogP contribution in [0.2, 0.25) is 0 Å². The molecule has 3 rings (SSSR count). The van der Waals surface area contributed by atoms with Gasteiger partial charge in [0.1, 0.15) is 0 Å². The number of nitrogens with one attached hydrogen (secondary N) is 3. The second-order valence-electron chi connectivity index (χ2n) is 7.27. The van der Waals surface area contributed by atoms with Gasteiger partial charge in [-0.1, -0.05) is 36.4 Å². The molecule has 2 aromatic rings. The first-order valence-corrected chi connectivity index (χ1v) is 9.96. The molecule has 0 aliphatic carbocycles. The predicted octanol–water partition coefficient (Wildman–Crippen LogP) is 2.65. The van der Waals surface area contributed by atoms with Crippen molar-refractivity contribution in [1.29, 1.82) is 0 Å². The molecule has 0 bridgehead atoms. The van der Waals surface area contributed by atoms with E-state index >= 15 is 0 Å². The van der Waals surface area contributed by atoms with Crippen LogP contribution in [-0.2, 0) is 11.3 Å². The molecule has 0 amide bonds. The Morgan fingerprint density at radius 1 is 1.11 bits per heavy atom. The van der Waals surface area contributed by atoms with Crippen LogP contribution in [0.25, 0.3) is 0 Å². The molecule has 1 saturated heterocycles. The molecular formula is C22H31N5O. The summed E-state index contributed by atoms with van der Waals surface area (Å²) >= 11 is 0. The third kappa shape index (κ3) is 5.78. The zero-order valence-corrected chi connectivity index (χ0v) is 16.8. The van der Waals surface area contributed by atoms with Gasteiger partial charge >= 0.3 is 0 Å². The summed E-state index contributed by atoms with van der Waals surface area (Å²) in [6.07, 6.45) is 3.74. The highest BCUT2D eigenvalue weighted by molar-refractivity contribution is 5.79. The minimum absolute atomic E-state index is 0.0316. The molecule has 1 aliphatic heterocycles. The maximum Gasteiger partial charge on any atom is 0.191 e. The van der Waals surface area contributed by atoms with E-state index in [9.17, 15) is 0 Å². The van der Waals surface area contributed by atoms with E-state index in [0.29, 0.717) is 6.54 Å². The van der Waals surface area contributed by atoms with Crippen LogP contribution in [0.5, 0.6) is 0 Å². The van der Waals surface area contributed by atoms with Crippen molar-refractivity contribution in [3.63, 3.8) is 0 Å². The summed E-state index contributed by atoms with van der Waals surface area (Å²) in [5.41, 5.74) is 2.25. The minimum Gasteiger partial charge on any atom is -0.381 e. The molecule has 1 unspecified atom stereocenters. The van der Waals surface area contributed by atoms with Crippen molar-refractivity contribution in [2.75, 3.05) is 26.8 Å². The standard InChI is InChI=1S/C22H31N5O/c1-18(19-8-4-3-5-9-19)27-22(11-14-28-15-12-22)17-26-21(23-2)25-16-20-10-6-7-13-24-20/h3-10,13,18,27H,11-12,14-17H2,1-2H3,(H2,23,25,26). The summed E-state index contributed by atoms with van der Waals surface area (Å²) in [7, 11) is 1.80. The first-order chi connectivity index (χ1) is 13.7. The Morgan fingerprint density at radius 2 is 1.86 bits per heavy atom. The first-order valence-electron chi connectivity index (χ1n) is 9.96. The Labute approximate surface area is 167 Å². The molecule has 2 heterocycles. The van der Waals surface area contributed by atoms with Crippen molar-refractivity contribution in [1.82, 2.24) is 20.9 Å². The summed E-state index contributed by atoms with van der Waals surface area (Å²) in [4.78, 5) is 8.71. The number of ether oxygens (including phenoxy) is 1. The molecule has 6 heteroatoms. The number of guanidine groups is 1. The quantitative estimate of drug-likeness (QED) is 0.508. The normalized spacial score (nSPS) is 17.7. The Kier molecular flexibility index (Phi) is 7.39. The number of aromatic nitrogens is 1. The molecule has 1 fully saturated rings. The molecule has 28 heavy (non-hydrogen) atoms. The van der Waals surface area contributed by atoms with E-state index in [-0.39, 0.29) is 11.6 Å². The van der Waals surface area contributed by atoms with Crippen LogP contribution >= 0.6 is 0 Å². The third-order valence-electron chi connectivity index (χ3n) is 5.25. The van der Waals surface area contributed by atoms with E-state index in [0.717, 1.165) is 44.3 Å². The van der Waals surface area contributed by atoms with E-state index in [1.807, 2.05) is 18.2 Å². The number of hydrogen-bond acceptors (Lipinski definition) is 4. The van der Waals surface area contributed by atoms with Gasteiger partial charge < -0.3 is 20.7 Å². The largest absolute Gasteiger partial charge is 0.381 e. The van der Waals surface area contributed by atoms with E-state index in [2.05, 4.69) is 63.2 Å². The van der Waals surface area contributed by atoms with Crippen LogP contribution in [0, 0.1) is 0 Å². The average Bonchev–Trinajstić information content (AvgIpc) is 2.76. The SMILES string of the molecule is CN=C(NCc1ccccn1)NCC1(NC(C)c2ccccc2)CCOCC1. The second kappa shape index (κ2) is 10.2. The number of pyridine rings is 1. The number of rotatable bonds is 7. The van der Waals surface area contributed by atoms with Gasteiger partial charge in [0.2, 0.25) is 0 Å². The molecule has 0 saturated carbocycles. The van der Waals surface area contributed by atoms with Gasteiger partial charge in [-0.05, 0) is 37.5 Å². The van der Waals surface area contributed by atoms with Crippen molar-refractivity contribution in [2.45, 2.75) is 37.9 Å². The Balaban J connectivity index is 1.59. The van der Waals surface area contributed by atoms with Gasteiger partial charge in [0, 0.05) is 44.6 Å². The molecule has 3 N–H and O–H groups in total. The number of hydrogen-bond donors (Lipinski definition) is 3. The highest BCUT2D eigenvalue weighted by Gasteiger charge is 2.34. The van der Waals surface area contributed by atoms with Crippen LogP contribution < -0.4 is 16.0 Å². The van der Waals surface area contributed by atoms with Gasteiger partial charge in [-0.25, -0.2) is 0 Å². The first kappa shape index (κ1) is 20.3. The van der Waals surface area contributed by atoms with Gasteiger partial charge in [0.05, 0.1) is 12.2 Å². The lowest BCUT2D eigenvalue weighted by Gasteiger charge is -2.41. The Morgan fingerprint density at radius 3 is 2.54 bits per heavy atom. The summed E-state index contributed by atoms with van der Waals surface area (Å²) in [5.74, 6) is 0.783. The summed E-state index contributed by atoms with van der Waals surface area (Å²) in [5, 5.41) is 10.7. The lowest BCUT2D eigenvalue weighted by molar-refractivity contribution is 0.0355. The van der Waals surface area contributed by atoms with E-state index < -0.39 is 0 Å². The highest BCUT2D eigenvalue weighted by Crippen LogP contribution is 2.25. The van der Waals surface area contributed by atoms with Gasteiger partial charge in [0.15, 0.2) is 5.96 Å². The lowest BCUT2D eigenvalue weighted by Crippen LogP contribution is -2.58. The zero-order chi connectivity index (χ0) is 19.7. The topological polar surface area (TPSA) is 70.6 Å². The molecule has 1 atom stereocenters. The van der Waals surface area contributed by atoms with Gasteiger partial charge in [-0.15, -0.1) is 0 Å². The number of benzene rings is 1. The Bertz CT molecular complexity index is 729. The molecular weight excluding hydrogens is 350 g/mol. The maximum absolute atomic E-state index is 5.63. The molecule has 0 radical (unpaired) electrons. The van der Waals surface area contributed by atoms with Crippen molar-refractivity contribution in [2.24, 2.45) is 4.99 Å². The van der Waals surface area contributed by atoms with E-state index in [4.69, 9.17) is 4.74 Å². The predicted molar refractivity (Wildman–Crippen MR) is 113 cm³/mol. The van der Waals surface area contributed by atoms with Crippen molar-refractivity contribution >= 4 is 5.96 Å². The van der Waals surface area contributed by atoms with E-state index in [1.54, 1.807) is 13.2 Å². The smallest absolute Gasteiger partial charge is 0.191 e. The fourth-order valence-corrected chi connectivity index (χ4v) is 3.57. The second-order valence-corrected chi connectivity index (χ2v) is 7.27. The minimum atomic E-state index is -0.0316. The fraction of sp³-hybridized carbons (Fsp3) is 0.455. The molecule has 1 aromatic carbocycles. The third-order valence-corrected chi connectivity index (χ3v) is 5.25. The summed E-state index contributed by atoms with van der Waals surface area (Å²) in [6.45, 7) is 5.20. The fourth-order valence-electron chi connectivity index (χ4n) is 3.57. The summed E-state index contributed by atoms with van der Waals surface area (Å²) in [6, 6.07) is 16.8. The van der Waals surface area contributed by atoms with Crippen molar-refractivity contribution in [3.05, 3.63) is 66.0 Å². The molecule has 6 nitrogen and oxygen atoms in total. The molecule has 1 aromatic heterocycles. The van der Waals surface area contributed by atoms with Crippen molar-refractivity contribution < 1.29 is 4.74 Å². The van der Waals surface area contributed by atoms with Crippen molar-refractivity contribution in [3.8, 4) is 0 Å². The molecule has 0 spiro atoms. The molecule has 150 valence electrons. The van der Waals surface area contributed by atoms with E-state index in [1.165, 1.54) is 5.56 Å². The maximum atomic E-state index is 5.63. The van der Waals surface area contributed by atoms with Crippen LogP contribution in [0.15, 0.2) is 59.7 Å². The van der Waals surface area contributed by atoms with Gasteiger partial charge in [-0.2, -0.15) is 0 Å².